The highest BCUT2D eigenvalue weighted by Gasteiger charge is 2.35. The summed E-state index contributed by atoms with van der Waals surface area (Å²) in [6.07, 6.45) is 1.71. The summed E-state index contributed by atoms with van der Waals surface area (Å²) in [5.74, 6) is 1.83. The van der Waals surface area contributed by atoms with E-state index in [0.717, 1.165) is 19.0 Å². The fourth-order valence-electron chi connectivity index (χ4n) is 4.39. The van der Waals surface area contributed by atoms with Crippen LogP contribution in [-0.4, -0.2) is 44.5 Å². The number of methoxy groups -OCH3 is 2. The molecule has 1 unspecified atom stereocenters. The van der Waals surface area contributed by atoms with Gasteiger partial charge in [0, 0.05) is 30.8 Å². The van der Waals surface area contributed by atoms with Crippen LogP contribution in [0.25, 0.3) is 6.08 Å². The third-order valence-corrected chi connectivity index (χ3v) is 7.19. The highest BCUT2D eigenvalue weighted by Crippen LogP contribution is 2.37. The summed E-state index contributed by atoms with van der Waals surface area (Å²) in [6, 6.07) is 8.19. The van der Waals surface area contributed by atoms with Crippen LogP contribution in [0.4, 0.5) is 5.88 Å². The molecule has 10 heteroatoms. The number of hydrogen-bond acceptors (Lipinski definition) is 9. The average molecular weight is 526 g/mol. The van der Waals surface area contributed by atoms with Crippen molar-refractivity contribution in [3.8, 4) is 11.5 Å². The Morgan fingerprint density at radius 3 is 2.57 bits per heavy atom. The molecule has 0 N–H and O–H groups in total. The van der Waals surface area contributed by atoms with Gasteiger partial charge in [-0.1, -0.05) is 11.3 Å². The molecule has 37 heavy (non-hydrogen) atoms. The number of carbonyl (C=O) groups excluding carboxylic acids is 1. The average Bonchev–Trinajstić information content (AvgIpc) is 3.48. The van der Waals surface area contributed by atoms with Crippen molar-refractivity contribution in [2.24, 2.45) is 4.99 Å². The lowest BCUT2D eigenvalue weighted by Gasteiger charge is -2.26. The van der Waals surface area contributed by atoms with Crippen molar-refractivity contribution in [1.82, 2.24) is 4.57 Å². The molecule has 3 aromatic rings. The van der Waals surface area contributed by atoms with E-state index < -0.39 is 12.0 Å². The quantitative estimate of drug-likeness (QED) is 0.396. The first-order valence-electron chi connectivity index (χ1n) is 12.1. The number of esters is 1. The molecule has 0 bridgehead atoms. The Morgan fingerprint density at radius 2 is 1.92 bits per heavy atom. The molecule has 9 nitrogen and oxygen atoms in total. The Bertz CT molecular complexity index is 1510. The lowest BCUT2D eigenvalue weighted by molar-refractivity contribution is -0.139. The largest absolute Gasteiger partial charge is 0.497 e. The standard InChI is InChI=1S/C27H31N3O6S/c1-7-29(8-2)22-13-11-18(36-22)15-21-25(31)30-24(19-14-17(33-5)10-12-20(19)34-6)23(26(32)35-9-3)16(4)28-27(30)37-21/h10-15,24H,7-9H2,1-6H3/b21-15-. The molecule has 1 aliphatic heterocycles. The molecule has 0 amide bonds. The van der Waals surface area contributed by atoms with Gasteiger partial charge in [-0.25, -0.2) is 9.79 Å². The van der Waals surface area contributed by atoms with Gasteiger partial charge in [-0.2, -0.15) is 0 Å². The predicted molar refractivity (Wildman–Crippen MR) is 142 cm³/mol. The predicted octanol–water partition coefficient (Wildman–Crippen LogP) is 3.25. The molecule has 2 aromatic heterocycles. The van der Waals surface area contributed by atoms with E-state index in [1.165, 1.54) is 15.9 Å². The second-order valence-electron chi connectivity index (χ2n) is 8.26. The van der Waals surface area contributed by atoms with Gasteiger partial charge in [0.2, 0.25) is 0 Å². The maximum Gasteiger partial charge on any atom is 0.338 e. The van der Waals surface area contributed by atoms with Gasteiger partial charge in [0.05, 0.1) is 36.6 Å². The van der Waals surface area contributed by atoms with Gasteiger partial charge in [-0.3, -0.25) is 9.36 Å². The molecule has 1 atom stereocenters. The third-order valence-electron chi connectivity index (χ3n) is 6.21. The van der Waals surface area contributed by atoms with Gasteiger partial charge in [-0.05, 0) is 52.0 Å². The second-order valence-corrected chi connectivity index (χ2v) is 9.27. The number of rotatable bonds is 9. The number of allylic oxidation sites excluding steroid dienone is 1. The normalized spacial score (nSPS) is 15.3. The van der Waals surface area contributed by atoms with E-state index in [0.29, 0.717) is 37.9 Å². The minimum absolute atomic E-state index is 0.190. The Balaban J connectivity index is 1.94. The van der Waals surface area contributed by atoms with Gasteiger partial charge >= 0.3 is 5.97 Å². The van der Waals surface area contributed by atoms with Gasteiger partial charge in [0.1, 0.15) is 23.3 Å². The van der Waals surface area contributed by atoms with Gasteiger partial charge < -0.3 is 23.5 Å². The molecule has 3 heterocycles. The number of hydrogen-bond donors (Lipinski definition) is 0. The van der Waals surface area contributed by atoms with Crippen molar-refractivity contribution in [2.75, 3.05) is 38.8 Å². The fraction of sp³-hybridized carbons (Fsp3) is 0.370. The molecule has 0 spiro atoms. The molecule has 1 aromatic carbocycles. The highest BCUT2D eigenvalue weighted by molar-refractivity contribution is 7.07. The Labute approximate surface area is 218 Å². The van der Waals surface area contributed by atoms with Crippen molar-refractivity contribution in [3.63, 3.8) is 0 Å². The van der Waals surface area contributed by atoms with Crippen LogP contribution >= 0.6 is 11.3 Å². The number of thiazole rings is 1. The Kier molecular flexibility index (Phi) is 7.87. The number of aromatic nitrogens is 1. The summed E-state index contributed by atoms with van der Waals surface area (Å²) in [5.41, 5.74) is 1.04. The molecule has 0 fully saturated rings. The van der Waals surface area contributed by atoms with Crippen LogP contribution in [-0.2, 0) is 9.53 Å². The lowest BCUT2D eigenvalue weighted by atomic mass is 9.95. The smallest absolute Gasteiger partial charge is 0.338 e. The van der Waals surface area contributed by atoms with Crippen molar-refractivity contribution in [1.29, 1.82) is 0 Å². The summed E-state index contributed by atoms with van der Waals surface area (Å²) in [5, 5.41) is 0. The first kappa shape index (κ1) is 26.3. The van der Waals surface area contributed by atoms with Gasteiger partial charge in [-0.15, -0.1) is 0 Å². The van der Waals surface area contributed by atoms with Crippen LogP contribution in [0.2, 0.25) is 0 Å². The number of ether oxygens (including phenoxy) is 3. The molecule has 0 saturated carbocycles. The van der Waals surface area contributed by atoms with Crippen LogP contribution in [0.1, 0.15) is 45.1 Å². The van der Waals surface area contributed by atoms with Crippen LogP contribution in [0.3, 0.4) is 0 Å². The summed E-state index contributed by atoms with van der Waals surface area (Å²) in [4.78, 5) is 34.1. The molecule has 1 aliphatic rings. The highest BCUT2D eigenvalue weighted by atomic mass is 32.1. The van der Waals surface area contributed by atoms with E-state index >= 15 is 0 Å². The summed E-state index contributed by atoms with van der Waals surface area (Å²) in [6.45, 7) is 9.40. The van der Waals surface area contributed by atoms with Crippen molar-refractivity contribution < 1.29 is 23.4 Å². The SMILES string of the molecule is CCOC(=O)C1=C(C)N=c2s/c(=C\c3ccc(N(CC)CC)o3)c(=O)n2C1c1cc(OC)ccc1OC. The first-order chi connectivity index (χ1) is 17.9. The third kappa shape index (κ3) is 4.93. The zero-order valence-corrected chi connectivity index (χ0v) is 22.7. The maximum absolute atomic E-state index is 13.8. The Morgan fingerprint density at radius 1 is 1.16 bits per heavy atom. The molecular formula is C27H31N3O6S. The van der Waals surface area contributed by atoms with Crippen molar-refractivity contribution >= 4 is 29.3 Å². The van der Waals surface area contributed by atoms with Crippen molar-refractivity contribution in [3.05, 3.63) is 72.6 Å². The van der Waals surface area contributed by atoms with Crippen LogP contribution in [0.15, 0.2) is 55.8 Å². The molecule has 0 radical (unpaired) electrons. The number of fused-ring (bicyclic) bond motifs is 1. The molecule has 196 valence electrons. The lowest BCUT2D eigenvalue weighted by Crippen LogP contribution is -2.40. The number of nitrogens with zero attached hydrogens (tertiary/aromatic N) is 3. The number of furan rings is 1. The summed E-state index contributed by atoms with van der Waals surface area (Å²) in [7, 11) is 3.10. The first-order valence-corrected chi connectivity index (χ1v) is 12.9. The number of carbonyl (C=O) groups is 1. The molecule has 0 saturated heterocycles. The molecule has 0 aliphatic carbocycles. The zero-order valence-electron chi connectivity index (χ0n) is 21.9. The van der Waals surface area contributed by atoms with E-state index in [1.807, 2.05) is 12.1 Å². The van der Waals surface area contributed by atoms with E-state index in [4.69, 9.17) is 18.6 Å². The summed E-state index contributed by atoms with van der Waals surface area (Å²) < 4.78 is 24.4. The topological polar surface area (TPSA) is 95.5 Å². The zero-order chi connectivity index (χ0) is 26.7. The minimum atomic E-state index is -0.815. The monoisotopic (exact) mass is 525 g/mol. The number of anilines is 1. The van der Waals surface area contributed by atoms with Crippen molar-refractivity contribution in [2.45, 2.75) is 33.7 Å². The fourth-order valence-corrected chi connectivity index (χ4v) is 5.42. The van der Waals surface area contributed by atoms with Gasteiger partial charge in [0.25, 0.3) is 5.56 Å². The van der Waals surface area contributed by atoms with Crippen LogP contribution in [0.5, 0.6) is 11.5 Å². The number of benzene rings is 1. The minimum Gasteiger partial charge on any atom is -0.497 e. The van der Waals surface area contributed by atoms with E-state index in [2.05, 4.69) is 23.7 Å². The van der Waals surface area contributed by atoms with E-state index in [1.54, 1.807) is 52.3 Å². The molecule has 4 rings (SSSR count). The van der Waals surface area contributed by atoms with E-state index in [-0.39, 0.29) is 17.7 Å². The summed E-state index contributed by atoms with van der Waals surface area (Å²) >= 11 is 1.23. The van der Waals surface area contributed by atoms with Gasteiger partial charge in [0.15, 0.2) is 10.7 Å². The molecular weight excluding hydrogens is 494 g/mol. The Hall–Kier alpha value is -3.79. The maximum atomic E-state index is 13.8. The van der Waals surface area contributed by atoms with E-state index in [9.17, 15) is 9.59 Å². The van der Waals surface area contributed by atoms with Crippen LogP contribution in [0, 0.1) is 0 Å². The van der Waals surface area contributed by atoms with Crippen LogP contribution < -0.4 is 29.3 Å². The second kappa shape index (κ2) is 11.1.